The number of alkyl halides is 3. The van der Waals surface area contributed by atoms with E-state index in [0.29, 0.717) is 12.0 Å². The number of halogens is 3. The number of hydrogen-bond acceptors (Lipinski definition) is 4. The van der Waals surface area contributed by atoms with Crippen LogP contribution in [0.4, 0.5) is 13.2 Å². The van der Waals surface area contributed by atoms with Crippen LogP contribution >= 0.6 is 0 Å². The number of nitrogens with one attached hydrogen (secondary N) is 2. The van der Waals surface area contributed by atoms with Gasteiger partial charge in [-0.3, -0.25) is 10.1 Å². The molecule has 1 atom stereocenters. The third kappa shape index (κ3) is 2.88. The predicted octanol–water partition coefficient (Wildman–Crippen LogP) is 3.37. The van der Waals surface area contributed by atoms with Gasteiger partial charge >= 0.3 is 6.36 Å². The minimum atomic E-state index is -4.78. The van der Waals surface area contributed by atoms with Crippen molar-refractivity contribution in [3.05, 3.63) is 29.3 Å². The highest BCUT2D eigenvalue weighted by atomic mass is 19.4. The van der Waals surface area contributed by atoms with Gasteiger partial charge in [-0.1, -0.05) is 6.07 Å². The summed E-state index contributed by atoms with van der Waals surface area (Å²) in [7, 11) is 1.69. The minimum absolute atomic E-state index is 0.146. The maximum Gasteiger partial charge on any atom is 0.573 e. The summed E-state index contributed by atoms with van der Waals surface area (Å²) >= 11 is 0. The van der Waals surface area contributed by atoms with E-state index in [9.17, 15) is 18.0 Å². The summed E-state index contributed by atoms with van der Waals surface area (Å²) in [6.45, 7) is 3.73. The Labute approximate surface area is 162 Å². The Hall–Kier alpha value is -1.80. The molecule has 2 aliphatic carbocycles. The number of carbonyl (C=O) groups is 1. The van der Waals surface area contributed by atoms with E-state index in [1.54, 1.807) is 13.2 Å². The quantitative estimate of drug-likeness (QED) is 0.802. The van der Waals surface area contributed by atoms with E-state index >= 15 is 0 Å². The van der Waals surface area contributed by atoms with Crippen molar-refractivity contribution in [1.29, 1.82) is 0 Å². The summed E-state index contributed by atoms with van der Waals surface area (Å²) in [5.74, 6) is -0.483. The molecular weight excluding hydrogens is 373 g/mol. The first-order valence-corrected chi connectivity index (χ1v) is 9.54. The number of carbonyl (C=O) groups excluding carboxylic acids is 1. The van der Waals surface area contributed by atoms with Gasteiger partial charge in [0.1, 0.15) is 11.3 Å². The Bertz CT molecular complexity index is 800. The number of methoxy groups -OCH3 is 1. The fourth-order valence-corrected chi connectivity index (χ4v) is 5.47. The van der Waals surface area contributed by atoms with E-state index in [1.165, 1.54) is 12.1 Å². The van der Waals surface area contributed by atoms with Crippen LogP contribution in [0, 0.1) is 5.41 Å². The Balaban J connectivity index is 1.81. The molecule has 4 rings (SSSR count). The molecule has 5 nitrogen and oxygen atoms in total. The highest BCUT2D eigenvalue weighted by molar-refractivity contribution is 5.93. The molecule has 8 heteroatoms. The van der Waals surface area contributed by atoms with Gasteiger partial charge in [0.2, 0.25) is 5.91 Å². The van der Waals surface area contributed by atoms with Gasteiger partial charge < -0.3 is 14.8 Å². The molecule has 2 spiro atoms. The Morgan fingerprint density at radius 3 is 2.39 bits per heavy atom. The number of benzene rings is 1. The lowest BCUT2D eigenvalue weighted by Gasteiger charge is -2.47. The molecule has 154 valence electrons. The topological polar surface area (TPSA) is 59.6 Å². The molecule has 0 aromatic heterocycles. The van der Waals surface area contributed by atoms with Gasteiger partial charge in [-0.25, -0.2) is 0 Å². The Morgan fingerprint density at radius 2 is 1.86 bits per heavy atom. The van der Waals surface area contributed by atoms with Crippen LogP contribution in [0.1, 0.15) is 50.7 Å². The van der Waals surface area contributed by atoms with E-state index in [2.05, 4.69) is 15.4 Å². The van der Waals surface area contributed by atoms with Gasteiger partial charge in [0, 0.05) is 12.5 Å². The number of ether oxygens (including phenoxy) is 2. The van der Waals surface area contributed by atoms with Gasteiger partial charge in [-0.15, -0.1) is 13.2 Å². The summed E-state index contributed by atoms with van der Waals surface area (Å²) in [6.07, 6.45) is -0.854. The molecule has 1 aliphatic heterocycles. The fraction of sp³-hybridized carbons (Fsp3) is 0.650. The van der Waals surface area contributed by atoms with Crippen molar-refractivity contribution in [2.24, 2.45) is 5.41 Å². The van der Waals surface area contributed by atoms with Crippen LogP contribution in [0.2, 0.25) is 0 Å². The zero-order chi connectivity index (χ0) is 20.4. The van der Waals surface area contributed by atoms with Gasteiger partial charge in [0.25, 0.3) is 0 Å². The van der Waals surface area contributed by atoms with Crippen LogP contribution in [0.5, 0.6) is 5.75 Å². The summed E-state index contributed by atoms with van der Waals surface area (Å²) in [6, 6.07) is 4.38. The molecule has 0 bridgehead atoms. The molecule has 3 aliphatic rings. The normalized spacial score (nSPS) is 33.9. The first-order chi connectivity index (χ1) is 13.0. The third-order valence-electron chi connectivity index (χ3n) is 6.53. The van der Waals surface area contributed by atoms with Crippen molar-refractivity contribution in [1.82, 2.24) is 10.6 Å². The van der Waals surface area contributed by atoms with E-state index in [0.717, 1.165) is 31.2 Å². The standard InChI is InChI=1S/C20H25F3N2O3/c1-17(2)24-16(26)19(25-17)15-10-14(28-20(21,22)23)5-4-12(15)11-18(19)8-6-13(27-3)7-9-18/h4-5,10,13,25H,6-9,11H2,1-3H3,(H,24,26). The molecule has 1 aromatic rings. The average Bonchev–Trinajstić information content (AvgIpc) is 2.99. The van der Waals surface area contributed by atoms with Crippen molar-refractivity contribution in [3.63, 3.8) is 0 Å². The lowest BCUT2D eigenvalue weighted by molar-refractivity contribution is -0.274. The van der Waals surface area contributed by atoms with Crippen LogP contribution in [0.15, 0.2) is 18.2 Å². The molecule has 2 N–H and O–H groups in total. The van der Waals surface area contributed by atoms with Crippen LogP contribution in [-0.4, -0.2) is 31.1 Å². The largest absolute Gasteiger partial charge is 0.573 e. The number of fused-ring (bicyclic) bond motifs is 3. The van der Waals surface area contributed by atoms with Crippen molar-refractivity contribution < 1.29 is 27.4 Å². The average molecular weight is 398 g/mol. The molecule has 2 fully saturated rings. The number of rotatable bonds is 2. The smallest absolute Gasteiger partial charge is 0.406 e. The Kier molecular flexibility index (Phi) is 4.25. The van der Waals surface area contributed by atoms with Gasteiger partial charge in [-0.2, -0.15) is 0 Å². The summed E-state index contributed by atoms with van der Waals surface area (Å²) < 4.78 is 47.9. The molecule has 0 radical (unpaired) electrons. The number of amides is 1. The van der Waals surface area contributed by atoms with Crippen LogP contribution in [-0.2, 0) is 21.5 Å². The van der Waals surface area contributed by atoms with E-state index in [4.69, 9.17) is 4.74 Å². The fourth-order valence-electron chi connectivity index (χ4n) is 5.47. The third-order valence-corrected chi connectivity index (χ3v) is 6.53. The summed E-state index contributed by atoms with van der Waals surface area (Å²) in [5.41, 5.74) is -0.654. The maximum atomic E-state index is 13.3. The van der Waals surface area contributed by atoms with Crippen LogP contribution in [0.25, 0.3) is 0 Å². The SMILES string of the molecule is COC1CCC2(CC1)Cc1ccc(OC(F)(F)F)cc1C21NC(C)(C)NC1=O. The lowest BCUT2D eigenvalue weighted by atomic mass is 9.61. The highest BCUT2D eigenvalue weighted by Gasteiger charge is 2.67. The highest BCUT2D eigenvalue weighted by Crippen LogP contribution is 2.60. The van der Waals surface area contributed by atoms with Gasteiger partial charge in [-0.05, 0) is 69.2 Å². The first-order valence-electron chi connectivity index (χ1n) is 9.54. The molecule has 1 amide bonds. The van der Waals surface area contributed by atoms with Crippen molar-refractivity contribution in [3.8, 4) is 5.75 Å². The molecule has 1 aromatic carbocycles. The predicted molar refractivity (Wildman–Crippen MR) is 95.6 cm³/mol. The monoisotopic (exact) mass is 398 g/mol. The zero-order valence-electron chi connectivity index (χ0n) is 16.2. The summed E-state index contributed by atoms with van der Waals surface area (Å²) in [5, 5.41) is 6.44. The minimum Gasteiger partial charge on any atom is -0.406 e. The second-order valence-electron chi connectivity index (χ2n) is 8.71. The molecule has 1 saturated heterocycles. The molecule has 1 unspecified atom stereocenters. The van der Waals surface area contributed by atoms with Crippen LogP contribution < -0.4 is 15.4 Å². The van der Waals surface area contributed by atoms with Gasteiger partial charge in [0.15, 0.2) is 0 Å². The Morgan fingerprint density at radius 1 is 1.18 bits per heavy atom. The van der Waals surface area contributed by atoms with E-state index < -0.39 is 23.0 Å². The number of hydrogen-bond donors (Lipinski definition) is 2. The van der Waals surface area contributed by atoms with E-state index in [-0.39, 0.29) is 17.8 Å². The molecule has 1 saturated carbocycles. The van der Waals surface area contributed by atoms with E-state index in [1.807, 2.05) is 13.8 Å². The van der Waals surface area contributed by atoms with Crippen molar-refractivity contribution in [2.45, 2.75) is 69.6 Å². The second kappa shape index (κ2) is 6.10. The van der Waals surface area contributed by atoms with Crippen molar-refractivity contribution >= 4 is 5.91 Å². The zero-order valence-corrected chi connectivity index (χ0v) is 16.2. The molecule has 28 heavy (non-hydrogen) atoms. The maximum absolute atomic E-state index is 13.3. The lowest BCUT2D eigenvalue weighted by Crippen LogP contribution is -2.58. The van der Waals surface area contributed by atoms with Gasteiger partial charge in [0.05, 0.1) is 11.8 Å². The summed E-state index contributed by atoms with van der Waals surface area (Å²) in [4.78, 5) is 13.3. The molecule has 1 heterocycles. The van der Waals surface area contributed by atoms with Crippen LogP contribution in [0.3, 0.4) is 0 Å². The molecular formula is C20H25F3N2O3. The second-order valence-corrected chi connectivity index (χ2v) is 8.71. The first kappa shape index (κ1) is 19.5. The van der Waals surface area contributed by atoms with Crippen molar-refractivity contribution in [2.75, 3.05) is 7.11 Å².